The molecule has 10 nitrogen and oxygen atoms in total. The van der Waals surface area contributed by atoms with Crippen molar-refractivity contribution in [2.45, 2.75) is 49.8 Å². The molecule has 0 fully saturated rings. The third-order valence-electron chi connectivity index (χ3n) is 7.53. The molecule has 2 N–H and O–H groups in total. The van der Waals surface area contributed by atoms with E-state index in [1.54, 1.807) is 48.5 Å². The van der Waals surface area contributed by atoms with Crippen LogP contribution >= 0.6 is 23.2 Å². The van der Waals surface area contributed by atoms with E-state index in [1.807, 2.05) is 10.8 Å². The third kappa shape index (κ3) is 6.19. The van der Waals surface area contributed by atoms with Crippen molar-refractivity contribution in [2.24, 2.45) is 5.73 Å². The number of amides is 2. The summed E-state index contributed by atoms with van der Waals surface area (Å²) in [5.41, 5.74) is 8.49. The van der Waals surface area contributed by atoms with Crippen molar-refractivity contribution >= 4 is 50.7 Å². The molecule has 13 heteroatoms. The minimum atomic E-state index is -4.20. The highest BCUT2D eigenvalue weighted by molar-refractivity contribution is 7.93. The number of allylic oxidation sites excluding steroid dienone is 1. The topological polar surface area (TPSA) is 122 Å². The number of aromatic nitrogens is 2. The van der Waals surface area contributed by atoms with Crippen LogP contribution < -0.4 is 10.0 Å². The first kappa shape index (κ1) is 30.1. The normalized spacial score (nSPS) is 20.9. The number of carbonyl (C=O) groups excluding carboxylic acids is 2. The van der Waals surface area contributed by atoms with Gasteiger partial charge in [0.1, 0.15) is 4.90 Å². The highest BCUT2D eigenvalue weighted by Gasteiger charge is 2.30. The van der Waals surface area contributed by atoms with E-state index in [4.69, 9.17) is 28.9 Å². The highest BCUT2D eigenvalue weighted by atomic mass is 35.5. The van der Waals surface area contributed by atoms with E-state index < -0.39 is 16.1 Å². The van der Waals surface area contributed by atoms with Gasteiger partial charge in [-0.15, -0.1) is 0 Å². The fraction of sp³-hybridized carbons (Fsp3) is 0.345. The molecule has 0 spiro atoms. The maximum atomic E-state index is 14.0. The van der Waals surface area contributed by atoms with Crippen LogP contribution in [0.25, 0.3) is 0 Å². The molecule has 222 valence electrons. The van der Waals surface area contributed by atoms with Gasteiger partial charge in [0.2, 0.25) is 5.91 Å². The number of carbonyl (C=O) groups is 2. The van der Waals surface area contributed by atoms with Crippen molar-refractivity contribution in [3.05, 3.63) is 87.7 Å². The first-order chi connectivity index (χ1) is 20.1. The molecule has 4 bridgehead atoms. The maximum Gasteiger partial charge on any atom is 0.266 e. The third-order valence-corrected chi connectivity index (χ3v) is 10.1. The van der Waals surface area contributed by atoms with E-state index in [0.717, 1.165) is 11.3 Å². The Morgan fingerprint density at radius 3 is 2.52 bits per heavy atom. The van der Waals surface area contributed by atoms with Gasteiger partial charge in [0, 0.05) is 36.3 Å². The van der Waals surface area contributed by atoms with E-state index in [1.165, 1.54) is 27.4 Å². The number of fused-ring (bicyclic) bond motifs is 3. The van der Waals surface area contributed by atoms with Crippen molar-refractivity contribution in [2.75, 3.05) is 24.4 Å². The molecule has 0 radical (unpaired) electrons. The Morgan fingerprint density at radius 2 is 1.76 bits per heavy atom. The van der Waals surface area contributed by atoms with E-state index in [0.29, 0.717) is 49.6 Å². The number of anilines is 1. The second-order valence-corrected chi connectivity index (χ2v) is 13.1. The van der Waals surface area contributed by atoms with Crippen molar-refractivity contribution in [3.8, 4) is 0 Å². The first-order valence-corrected chi connectivity index (χ1v) is 15.8. The molecule has 3 heterocycles. The lowest BCUT2D eigenvalue weighted by Gasteiger charge is -2.31. The predicted octanol–water partition coefficient (Wildman–Crippen LogP) is 4.07. The molecule has 1 atom stereocenters. The van der Waals surface area contributed by atoms with E-state index in [9.17, 15) is 18.0 Å². The minimum Gasteiger partial charge on any atom is -0.337 e. The Hall–Kier alpha value is -3.38. The zero-order chi connectivity index (χ0) is 30.0. The fourth-order valence-corrected chi connectivity index (χ4v) is 7.22. The molecule has 2 aliphatic heterocycles. The summed E-state index contributed by atoms with van der Waals surface area (Å²) in [7, 11) is -2.56. The fourth-order valence-electron chi connectivity index (χ4n) is 5.17. The zero-order valence-electron chi connectivity index (χ0n) is 23.1. The number of hydrogen-bond donors (Lipinski definition) is 1. The van der Waals surface area contributed by atoms with Gasteiger partial charge in [-0.3, -0.25) is 18.6 Å². The maximum absolute atomic E-state index is 14.0. The Bertz CT molecular complexity index is 1620. The van der Waals surface area contributed by atoms with Crippen LogP contribution in [-0.2, 0) is 34.5 Å². The molecule has 2 amide bonds. The van der Waals surface area contributed by atoms with Gasteiger partial charge in [-0.05, 0) is 61.7 Å². The average Bonchev–Trinajstić information content (AvgIpc) is 3.37. The average molecular weight is 632 g/mol. The second-order valence-electron chi connectivity index (χ2n) is 10.4. The molecule has 3 aromatic rings. The van der Waals surface area contributed by atoms with E-state index in [-0.39, 0.29) is 40.4 Å². The van der Waals surface area contributed by atoms with Crippen LogP contribution in [0.15, 0.2) is 65.7 Å². The Balaban J connectivity index is 1.54. The van der Waals surface area contributed by atoms with E-state index >= 15 is 0 Å². The Kier molecular flexibility index (Phi) is 8.93. The summed E-state index contributed by atoms with van der Waals surface area (Å²) in [5.74, 6) is -0.508. The summed E-state index contributed by atoms with van der Waals surface area (Å²) in [5, 5.41) is 4.92. The van der Waals surface area contributed by atoms with Crippen LogP contribution in [0.4, 0.5) is 5.69 Å². The number of nitrogens with two attached hydrogens (primary N) is 1. The second kappa shape index (κ2) is 12.5. The van der Waals surface area contributed by atoms with Gasteiger partial charge >= 0.3 is 0 Å². The molecule has 5 rings (SSSR count). The summed E-state index contributed by atoms with van der Waals surface area (Å²) in [6, 6.07) is 10.0. The molecule has 0 saturated heterocycles. The van der Waals surface area contributed by atoms with Crippen LogP contribution in [-0.4, -0.2) is 66.0 Å². The van der Waals surface area contributed by atoms with Crippen LogP contribution in [0.3, 0.4) is 0 Å². The van der Waals surface area contributed by atoms with Crippen LogP contribution in [0.1, 0.15) is 40.9 Å². The number of hydrogen-bond acceptors (Lipinski definition) is 6. The number of benzene rings is 2. The monoisotopic (exact) mass is 630 g/mol. The van der Waals surface area contributed by atoms with Crippen molar-refractivity contribution < 1.29 is 18.0 Å². The van der Waals surface area contributed by atoms with Gasteiger partial charge in [0.15, 0.2) is 0 Å². The minimum absolute atomic E-state index is 0.00346. The predicted molar refractivity (Wildman–Crippen MR) is 162 cm³/mol. The van der Waals surface area contributed by atoms with Gasteiger partial charge < -0.3 is 15.5 Å². The van der Waals surface area contributed by atoms with Crippen molar-refractivity contribution in [1.29, 1.82) is 0 Å². The van der Waals surface area contributed by atoms with Crippen LogP contribution in [0.2, 0.25) is 10.0 Å². The first-order valence-electron chi connectivity index (χ1n) is 13.6. The van der Waals surface area contributed by atoms with Crippen LogP contribution in [0, 0.1) is 0 Å². The lowest BCUT2D eigenvalue weighted by atomic mass is 10.1. The molecule has 2 aromatic carbocycles. The molecular formula is C29H32Cl2N6O4S. The largest absolute Gasteiger partial charge is 0.337 e. The molecule has 1 aromatic heterocycles. The molecular weight excluding hydrogens is 599 g/mol. The number of sulfonamides is 1. The lowest BCUT2D eigenvalue weighted by molar-refractivity contribution is -0.134. The van der Waals surface area contributed by atoms with Gasteiger partial charge in [0.25, 0.3) is 15.9 Å². The van der Waals surface area contributed by atoms with Crippen molar-refractivity contribution in [3.63, 3.8) is 0 Å². The van der Waals surface area contributed by atoms with Gasteiger partial charge in [-0.25, -0.2) is 8.42 Å². The molecule has 1 unspecified atom stereocenters. The SMILES string of the molecule is CN1Cc2cnn3c2CN(CC3)C(=O)C(N)CCC/C=C/CN(c2ccc(Cl)cc2)S(=O)(=O)c2cc(ccc2Cl)C1=O. The van der Waals surface area contributed by atoms with Gasteiger partial charge in [-0.1, -0.05) is 35.4 Å². The standard InChI is InChI=1S/C29H32Cl2N6O4S/c1-34-18-21-17-33-36-15-14-35(19-26(21)36)29(39)25(32)6-4-2-3-5-13-37(23-10-8-22(30)9-11-23)42(40,41)27-16-20(28(34)38)7-12-24(27)31/h3,5,7-12,16-17,25H,2,4,6,13-15,18-19,32H2,1H3/b5-3+. The highest BCUT2D eigenvalue weighted by Crippen LogP contribution is 2.31. The van der Waals surface area contributed by atoms with Gasteiger partial charge in [0.05, 0.1) is 48.3 Å². The lowest BCUT2D eigenvalue weighted by Crippen LogP contribution is -2.47. The van der Waals surface area contributed by atoms with Gasteiger partial charge in [-0.2, -0.15) is 5.10 Å². The summed E-state index contributed by atoms with van der Waals surface area (Å²) in [4.78, 5) is 29.7. The molecule has 42 heavy (non-hydrogen) atoms. The summed E-state index contributed by atoms with van der Waals surface area (Å²) in [6.45, 7) is 1.64. The summed E-state index contributed by atoms with van der Waals surface area (Å²) in [6.07, 6.45) is 7.09. The summed E-state index contributed by atoms with van der Waals surface area (Å²) < 4.78 is 31.1. The Morgan fingerprint density at radius 1 is 1.00 bits per heavy atom. The number of halogens is 2. The molecule has 0 saturated carbocycles. The molecule has 0 aliphatic carbocycles. The Labute approximate surface area is 255 Å². The number of rotatable bonds is 1. The zero-order valence-corrected chi connectivity index (χ0v) is 25.4. The van der Waals surface area contributed by atoms with Crippen molar-refractivity contribution in [1.82, 2.24) is 19.6 Å². The van der Waals surface area contributed by atoms with Crippen LogP contribution in [0.5, 0.6) is 0 Å². The summed E-state index contributed by atoms with van der Waals surface area (Å²) >= 11 is 12.5. The smallest absolute Gasteiger partial charge is 0.266 e. The van der Waals surface area contributed by atoms with E-state index in [2.05, 4.69) is 5.10 Å². The quantitative estimate of drug-likeness (QED) is 0.405. The number of nitrogens with zero attached hydrogens (tertiary/aromatic N) is 5. The molecule has 2 aliphatic rings.